The minimum Gasteiger partial charge on any atom is -0.453 e. The number of benzene rings is 2. The smallest absolute Gasteiger partial charge is 0.170 e. The van der Waals surface area contributed by atoms with Gasteiger partial charge in [-0.1, -0.05) is 12.1 Å². The molecule has 0 amide bonds. The summed E-state index contributed by atoms with van der Waals surface area (Å²) in [4.78, 5) is 0. The normalized spacial score (nSPS) is 11.4. The predicted octanol–water partition coefficient (Wildman–Crippen LogP) is 4.12. The van der Waals surface area contributed by atoms with Crippen molar-refractivity contribution in [2.24, 2.45) is 0 Å². The molecule has 0 unspecified atom stereocenters. The van der Waals surface area contributed by atoms with E-state index in [9.17, 15) is 4.39 Å². The summed E-state index contributed by atoms with van der Waals surface area (Å²) in [6.07, 6.45) is 1.75. The van der Waals surface area contributed by atoms with E-state index >= 15 is 0 Å². The maximum absolute atomic E-state index is 13.6. The summed E-state index contributed by atoms with van der Waals surface area (Å²) in [6.45, 7) is 0. The Balaban J connectivity index is 1.95. The highest BCUT2D eigenvalue weighted by Gasteiger charge is 2.10. The van der Waals surface area contributed by atoms with Gasteiger partial charge in [0.25, 0.3) is 0 Å². The van der Waals surface area contributed by atoms with Crippen LogP contribution in [0.5, 0.6) is 0 Å². The van der Waals surface area contributed by atoms with Crippen LogP contribution >= 0.6 is 0 Å². The number of fused-ring (bicyclic) bond motifs is 2. The number of nitrogens with one attached hydrogen (secondary N) is 1. The van der Waals surface area contributed by atoms with E-state index in [-0.39, 0.29) is 5.82 Å². The van der Waals surface area contributed by atoms with Gasteiger partial charge in [0.15, 0.2) is 11.4 Å². The molecule has 0 aliphatic rings. The van der Waals surface area contributed by atoms with Gasteiger partial charge in [0.05, 0.1) is 11.7 Å². The Kier molecular flexibility index (Phi) is 2.00. The number of furan rings is 1. The highest BCUT2D eigenvalue weighted by Crippen LogP contribution is 2.30. The summed E-state index contributed by atoms with van der Waals surface area (Å²) in [6, 6.07) is 12.6. The summed E-state index contributed by atoms with van der Waals surface area (Å²) < 4.78 is 19.2. The first-order valence-corrected chi connectivity index (χ1v) is 5.93. The van der Waals surface area contributed by atoms with Crippen LogP contribution in [0.3, 0.4) is 0 Å². The lowest BCUT2D eigenvalue weighted by atomic mass is 10.1. The maximum Gasteiger partial charge on any atom is 0.170 e. The molecule has 4 rings (SSSR count). The number of hydrogen-bond acceptors (Lipinski definition) is 2. The van der Waals surface area contributed by atoms with E-state index in [1.54, 1.807) is 12.3 Å². The average Bonchev–Trinajstić information content (AvgIpc) is 3.04. The largest absolute Gasteiger partial charge is 0.453 e. The molecule has 0 radical (unpaired) electrons. The molecule has 3 nitrogen and oxygen atoms in total. The molecule has 0 spiro atoms. The van der Waals surface area contributed by atoms with Crippen molar-refractivity contribution in [3.8, 4) is 11.3 Å². The van der Waals surface area contributed by atoms with Crippen molar-refractivity contribution >= 4 is 21.9 Å². The van der Waals surface area contributed by atoms with Crippen molar-refractivity contribution in [1.29, 1.82) is 0 Å². The minimum absolute atomic E-state index is 0.296. The third kappa shape index (κ3) is 1.53. The van der Waals surface area contributed by atoms with Gasteiger partial charge in [-0.05, 0) is 30.3 Å². The molecule has 92 valence electrons. The molecule has 0 saturated carbocycles. The second-order valence-corrected chi connectivity index (χ2v) is 4.44. The maximum atomic E-state index is 13.6. The molecule has 0 aliphatic heterocycles. The molecule has 0 saturated heterocycles. The first-order chi connectivity index (χ1) is 9.31. The number of rotatable bonds is 1. The van der Waals surface area contributed by atoms with E-state index < -0.39 is 0 Å². The van der Waals surface area contributed by atoms with Gasteiger partial charge in [-0.25, -0.2) is 4.39 Å². The number of hydrogen-bond donors (Lipinski definition) is 1. The summed E-state index contributed by atoms with van der Waals surface area (Å²) in [5.41, 5.74) is 2.17. The monoisotopic (exact) mass is 252 g/mol. The van der Waals surface area contributed by atoms with Crippen LogP contribution in [0.15, 0.2) is 53.1 Å². The SMILES string of the molecule is Fc1cccc2cc(-c3ccc4[nH]ncc4c3)oc12. The average molecular weight is 252 g/mol. The van der Waals surface area contributed by atoms with Crippen LogP contribution in [0.1, 0.15) is 0 Å². The van der Waals surface area contributed by atoms with Crippen LogP contribution in [0.4, 0.5) is 4.39 Å². The molecule has 19 heavy (non-hydrogen) atoms. The van der Waals surface area contributed by atoms with E-state index in [0.717, 1.165) is 21.9 Å². The van der Waals surface area contributed by atoms with Crippen LogP contribution in [-0.2, 0) is 0 Å². The highest BCUT2D eigenvalue weighted by atomic mass is 19.1. The Hall–Kier alpha value is -2.62. The highest BCUT2D eigenvalue weighted by molar-refractivity contribution is 5.87. The first-order valence-electron chi connectivity index (χ1n) is 5.93. The molecule has 0 aliphatic carbocycles. The quantitative estimate of drug-likeness (QED) is 0.553. The lowest BCUT2D eigenvalue weighted by Crippen LogP contribution is -1.74. The van der Waals surface area contributed by atoms with Gasteiger partial charge in [-0.3, -0.25) is 5.10 Å². The van der Waals surface area contributed by atoms with Crippen molar-refractivity contribution < 1.29 is 8.81 Å². The molecule has 4 aromatic rings. The van der Waals surface area contributed by atoms with Crippen LogP contribution in [0, 0.1) is 5.82 Å². The van der Waals surface area contributed by atoms with E-state index in [1.807, 2.05) is 30.3 Å². The zero-order chi connectivity index (χ0) is 12.8. The third-order valence-corrected chi connectivity index (χ3v) is 3.22. The van der Waals surface area contributed by atoms with Crippen LogP contribution < -0.4 is 0 Å². The van der Waals surface area contributed by atoms with E-state index in [0.29, 0.717) is 11.3 Å². The van der Waals surface area contributed by atoms with Gasteiger partial charge < -0.3 is 4.42 Å². The number of aromatic amines is 1. The number of para-hydroxylation sites is 1. The fourth-order valence-electron chi connectivity index (χ4n) is 2.27. The van der Waals surface area contributed by atoms with Gasteiger partial charge in [0.2, 0.25) is 0 Å². The third-order valence-electron chi connectivity index (χ3n) is 3.22. The second kappa shape index (κ2) is 3.68. The molecular weight excluding hydrogens is 243 g/mol. The Labute approximate surface area is 107 Å². The van der Waals surface area contributed by atoms with Crippen molar-refractivity contribution in [2.75, 3.05) is 0 Å². The van der Waals surface area contributed by atoms with Crippen molar-refractivity contribution in [3.63, 3.8) is 0 Å². The number of aromatic nitrogens is 2. The van der Waals surface area contributed by atoms with E-state index in [4.69, 9.17) is 4.42 Å². The van der Waals surface area contributed by atoms with Gasteiger partial charge in [-0.2, -0.15) is 5.10 Å². The first kappa shape index (κ1) is 10.3. The molecule has 0 fully saturated rings. The summed E-state index contributed by atoms with van der Waals surface area (Å²) in [7, 11) is 0. The number of halogens is 1. The van der Waals surface area contributed by atoms with Gasteiger partial charge in [0, 0.05) is 16.3 Å². The Bertz CT molecular complexity index is 891. The van der Waals surface area contributed by atoms with Crippen molar-refractivity contribution in [2.45, 2.75) is 0 Å². The minimum atomic E-state index is -0.340. The molecule has 2 aromatic heterocycles. The fourth-order valence-corrected chi connectivity index (χ4v) is 2.27. The molecule has 0 bridgehead atoms. The van der Waals surface area contributed by atoms with Crippen LogP contribution in [-0.4, -0.2) is 10.2 Å². The summed E-state index contributed by atoms with van der Waals surface area (Å²) in [5, 5.41) is 8.64. The number of H-pyrrole nitrogens is 1. The predicted molar refractivity (Wildman–Crippen MR) is 71.3 cm³/mol. The lowest BCUT2D eigenvalue weighted by Gasteiger charge is -1.96. The van der Waals surface area contributed by atoms with E-state index in [1.165, 1.54) is 6.07 Å². The molecule has 4 heteroatoms. The standard InChI is InChI=1S/C15H9FN2O/c16-12-3-1-2-10-7-14(19-15(10)12)9-4-5-13-11(6-9)8-17-18-13/h1-8H,(H,17,18). The number of nitrogens with zero attached hydrogens (tertiary/aromatic N) is 1. The van der Waals surface area contributed by atoms with Crippen molar-refractivity contribution in [3.05, 3.63) is 54.5 Å². The summed E-state index contributed by atoms with van der Waals surface area (Å²) >= 11 is 0. The molecular formula is C15H9FN2O. The molecule has 1 N–H and O–H groups in total. The van der Waals surface area contributed by atoms with Gasteiger partial charge >= 0.3 is 0 Å². The molecule has 2 heterocycles. The Morgan fingerprint density at radius 3 is 2.89 bits per heavy atom. The second-order valence-electron chi connectivity index (χ2n) is 4.44. The van der Waals surface area contributed by atoms with E-state index in [2.05, 4.69) is 10.2 Å². The topological polar surface area (TPSA) is 41.8 Å². The Morgan fingerprint density at radius 2 is 2.00 bits per heavy atom. The molecule has 0 atom stereocenters. The molecule has 2 aromatic carbocycles. The van der Waals surface area contributed by atoms with Crippen molar-refractivity contribution in [1.82, 2.24) is 10.2 Å². The zero-order valence-electron chi connectivity index (χ0n) is 9.85. The van der Waals surface area contributed by atoms with Crippen LogP contribution in [0.2, 0.25) is 0 Å². The van der Waals surface area contributed by atoms with Gasteiger partial charge in [-0.15, -0.1) is 0 Å². The summed E-state index contributed by atoms with van der Waals surface area (Å²) in [5.74, 6) is 0.316. The van der Waals surface area contributed by atoms with Crippen LogP contribution in [0.25, 0.3) is 33.2 Å². The zero-order valence-corrected chi connectivity index (χ0v) is 9.85. The fraction of sp³-hybridized carbons (Fsp3) is 0. The Morgan fingerprint density at radius 1 is 1.05 bits per heavy atom. The van der Waals surface area contributed by atoms with Gasteiger partial charge in [0.1, 0.15) is 5.76 Å². The lowest BCUT2D eigenvalue weighted by molar-refractivity contribution is 0.569.